The van der Waals surface area contributed by atoms with Crippen molar-refractivity contribution in [1.82, 2.24) is 20.2 Å². The van der Waals surface area contributed by atoms with E-state index < -0.39 is 0 Å². The third-order valence-electron chi connectivity index (χ3n) is 1.53. The molecule has 0 aliphatic heterocycles. The molecule has 0 amide bonds. The molecule has 0 aliphatic rings. The highest BCUT2D eigenvalue weighted by atomic mass is 16.5. The number of nitrogens with zero attached hydrogens (tertiary/aromatic N) is 3. The van der Waals surface area contributed by atoms with Crippen LogP contribution in [0.1, 0.15) is 5.69 Å². The molecule has 6 nitrogen and oxygen atoms in total. The smallest absolute Gasteiger partial charge is 0.323 e. The van der Waals surface area contributed by atoms with Gasteiger partial charge < -0.3 is 10.5 Å². The number of ether oxygens (including phenoxy) is 1. The zero-order valence-electron chi connectivity index (χ0n) is 7.56. The first-order chi connectivity index (χ1) is 6.74. The molecule has 72 valence electrons. The van der Waals surface area contributed by atoms with Crippen LogP contribution in [0.4, 0.5) is 5.69 Å². The number of hydrogen-bond donors (Lipinski definition) is 2. The number of aryl methyl sites for hydroxylation is 1. The number of anilines is 1. The van der Waals surface area contributed by atoms with Gasteiger partial charge >= 0.3 is 6.01 Å². The second-order valence-electron chi connectivity index (χ2n) is 2.79. The number of nitrogen functional groups attached to an aromatic ring is 1. The highest BCUT2D eigenvalue weighted by molar-refractivity contribution is 5.31. The van der Waals surface area contributed by atoms with Crippen LogP contribution in [-0.4, -0.2) is 20.2 Å². The highest BCUT2D eigenvalue weighted by Crippen LogP contribution is 2.14. The lowest BCUT2D eigenvalue weighted by atomic mass is 10.5. The van der Waals surface area contributed by atoms with Crippen LogP contribution in [0.3, 0.4) is 0 Å². The molecule has 0 unspecified atom stereocenters. The Kier molecular flexibility index (Phi) is 2.02. The third-order valence-corrected chi connectivity index (χ3v) is 1.53. The summed E-state index contributed by atoms with van der Waals surface area (Å²) >= 11 is 0. The van der Waals surface area contributed by atoms with Crippen molar-refractivity contribution >= 4 is 5.69 Å². The maximum Gasteiger partial charge on any atom is 0.323 e. The summed E-state index contributed by atoms with van der Waals surface area (Å²) in [5.74, 6) is 0.437. The number of H-pyrrole nitrogens is 1. The first-order valence-corrected chi connectivity index (χ1v) is 4.01. The van der Waals surface area contributed by atoms with Gasteiger partial charge in [-0.3, -0.25) is 5.10 Å². The summed E-state index contributed by atoms with van der Waals surface area (Å²) in [7, 11) is 0. The van der Waals surface area contributed by atoms with E-state index in [-0.39, 0.29) is 6.01 Å². The van der Waals surface area contributed by atoms with Gasteiger partial charge in [0.2, 0.25) is 5.88 Å². The summed E-state index contributed by atoms with van der Waals surface area (Å²) in [6.07, 6.45) is 2.95. The van der Waals surface area contributed by atoms with Crippen LogP contribution in [0.5, 0.6) is 11.9 Å². The molecule has 0 saturated carbocycles. The van der Waals surface area contributed by atoms with Crippen LogP contribution in [0.2, 0.25) is 0 Å². The predicted molar refractivity (Wildman–Crippen MR) is 49.8 cm³/mol. The molecule has 0 radical (unpaired) electrons. The molecule has 0 fully saturated rings. The van der Waals surface area contributed by atoms with Crippen LogP contribution in [0.25, 0.3) is 0 Å². The number of nitrogens with one attached hydrogen (secondary N) is 1. The summed E-state index contributed by atoms with van der Waals surface area (Å²) in [6.45, 7) is 1.88. The maximum absolute atomic E-state index is 5.42. The lowest BCUT2D eigenvalue weighted by Gasteiger charge is -1.98. The molecule has 0 atom stereocenters. The molecular formula is C8H9N5O. The molecular weight excluding hydrogens is 182 g/mol. The quantitative estimate of drug-likeness (QED) is 0.735. The normalized spacial score (nSPS) is 10.1. The van der Waals surface area contributed by atoms with Crippen LogP contribution < -0.4 is 10.5 Å². The van der Waals surface area contributed by atoms with E-state index in [0.717, 1.165) is 5.69 Å². The summed E-state index contributed by atoms with van der Waals surface area (Å²) in [6, 6.07) is 1.98. The molecule has 2 aromatic rings. The third kappa shape index (κ3) is 1.79. The van der Waals surface area contributed by atoms with E-state index in [2.05, 4.69) is 20.2 Å². The van der Waals surface area contributed by atoms with Crippen LogP contribution in [-0.2, 0) is 0 Å². The zero-order chi connectivity index (χ0) is 9.97. The Morgan fingerprint density at radius 2 is 2.07 bits per heavy atom. The van der Waals surface area contributed by atoms with E-state index >= 15 is 0 Å². The van der Waals surface area contributed by atoms with E-state index in [1.54, 1.807) is 6.07 Å². The van der Waals surface area contributed by atoms with Crippen molar-refractivity contribution in [3.8, 4) is 11.9 Å². The van der Waals surface area contributed by atoms with Crippen LogP contribution in [0, 0.1) is 6.92 Å². The topological polar surface area (TPSA) is 89.7 Å². The van der Waals surface area contributed by atoms with Gasteiger partial charge in [0, 0.05) is 11.8 Å². The maximum atomic E-state index is 5.42. The molecule has 2 heterocycles. The minimum Gasteiger partial charge on any atom is -0.404 e. The van der Waals surface area contributed by atoms with Gasteiger partial charge in [-0.25, -0.2) is 9.97 Å². The Morgan fingerprint density at radius 1 is 1.36 bits per heavy atom. The van der Waals surface area contributed by atoms with Crippen molar-refractivity contribution in [3.63, 3.8) is 0 Å². The van der Waals surface area contributed by atoms with E-state index in [1.165, 1.54) is 12.4 Å². The van der Waals surface area contributed by atoms with Gasteiger partial charge in [0.15, 0.2) is 0 Å². The first kappa shape index (κ1) is 8.49. The van der Waals surface area contributed by atoms with Gasteiger partial charge in [0.1, 0.15) is 0 Å². The SMILES string of the molecule is Cc1cc(Oc2ncc(N)cn2)n[nH]1. The summed E-state index contributed by atoms with van der Waals surface area (Å²) in [4.78, 5) is 7.74. The molecule has 0 aromatic carbocycles. The first-order valence-electron chi connectivity index (χ1n) is 4.01. The van der Waals surface area contributed by atoms with Gasteiger partial charge in [-0.1, -0.05) is 0 Å². The fourth-order valence-electron chi connectivity index (χ4n) is 0.918. The van der Waals surface area contributed by atoms with Crippen molar-refractivity contribution in [3.05, 3.63) is 24.2 Å². The molecule has 0 saturated heterocycles. The number of aromatic nitrogens is 4. The van der Waals surface area contributed by atoms with E-state index in [9.17, 15) is 0 Å². The van der Waals surface area contributed by atoms with E-state index in [0.29, 0.717) is 11.6 Å². The van der Waals surface area contributed by atoms with Crippen molar-refractivity contribution in [1.29, 1.82) is 0 Å². The molecule has 0 bridgehead atoms. The Morgan fingerprint density at radius 3 is 2.64 bits per heavy atom. The number of aromatic amines is 1. The molecule has 6 heteroatoms. The van der Waals surface area contributed by atoms with Crippen LogP contribution in [0.15, 0.2) is 18.5 Å². The highest BCUT2D eigenvalue weighted by Gasteiger charge is 2.02. The van der Waals surface area contributed by atoms with Gasteiger partial charge in [0.05, 0.1) is 18.1 Å². The van der Waals surface area contributed by atoms with Crippen molar-refractivity contribution in [2.24, 2.45) is 0 Å². The van der Waals surface area contributed by atoms with Gasteiger partial charge in [0.25, 0.3) is 0 Å². The van der Waals surface area contributed by atoms with E-state index in [1.807, 2.05) is 6.92 Å². The fraction of sp³-hybridized carbons (Fsp3) is 0.125. The second-order valence-corrected chi connectivity index (χ2v) is 2.79. The minimum atomic E-state index is 0.228. The second kappa shape index (κ2) is 3.33. The Hall–Kier alpha value is -2.11. The fourth-order valence-corrected chi connectivity index (χ4v) is 0.918. The lowest BCUT2D eigenvalue weighted by molar-refractivity contribution is 0.424. The molecule has 0 spiro atoms. The summed E-state index contributed by atoms with van der Waals surface area (Å²) in [5, 5.41) is 6.62. The van der Waals surface area contributed by atoms with E-state index in [4.69, 9.17) is 10.5 Å². The molecule has 0 aliphatic carbocycles. The summed E-state index contributed by atoms with van der Waals surface area (Å²) in [5.41, 5.74) is 6.83. The Balaban J connectivity index is 2.15. The van der Waals surface area contributed by atoms with Crippen LogP contribution >= 0.6 is 0 Å². The largest absolute Gasteiger partial charge is 0.404 e. The minimum absolute atomic E-state index is 0.228. The van der Waals surface area contributed by atoms with Crippen molar-refractivity contribution < 1.29 is 4.74 Å². The Labute approximate surface area is 80.1 Å². The van der Waals surface area contributed by atoms with Gasteiger partial charge in [-0.15, -0.1) is 5.10 Å². The number of nitrogens with two attached hydrogens (primary N) is 1. The number of rotatable bonds is 2. The lowest BCUT2D eigenvalue weighted by Crippen LogP contribution is -1.93. The van der Waals surface area contributed by atoms with Gasteiger partial charge in [-0.2, -0.15) is 0 Å². The standard InChI is InChI=1S/C8H9N5O/c1-5-2-7(13-12-5)14-8-10-3-6(9)4-11-8/h2-4H,9H2,1H3,(H,12,13). The predicted octanol–water partition coefficient (Wildman–Crippen LogP) is 0.883. The zero-order valence-corrected chi connectivity index (χ0v) is 7.56. The van der Waals surface area contributed by atoms with Crippen molar-refractivity contribution in [2.75, 3.05) is 5.73 Å². The monoisotopic (exact) mass is 191 g/mol. The Bertz CT molecular complexity index is 422. The molecule has 14 heavy (non-hydrogen) atoms. The average Bonchev–Trinajstić information content (AvgIpc) is 2.56. The molecule has 3 N–H and O–H groups in total. The summed E-state index contributed by atoms with van der Waals surface area (Å²) < 4.78 is 5.23. The average molecular weight is 191 g/mol. The molecule has 2 aromatic heterocycles. The number of hydrogen-bond acceptors (Lipinski definition) is 5. The molecule has 2 rings (SSSR count). The van der Waals surface area contributed by atoms with Gasteiger partial charge in [-0.05, 0) is 6.92 Å². The van der Waals surface area contributed by atoms with Crippen molar-refractivity contribution in [2.45, 2.75) is 6.92 Å².